The van der Waals surface area contributed by atoms with Crippen LogP contribution in [0, 0.1) is 0 Å². The molecule has 0 radical (unpaired) electrons. The normalized spacial score (nSPS) is 11.8. The molecule has 0 bridgehead atoms. The van der Waals surface area contributed by atoms with Crippen molar-refractivity contribution in [1.82, 2.24) is 4.98 Å². The summed E-state index contributed by atoms with van der Waals surface area (Å²) in [6, 6.07) is 24.9. The van der Waals surface area contributed by atoms with E-state index < -0.39 is 0 Å². The van der Waals surface area contributed by atoms with E-state index >= 15 is 0 Å². The van der Waals surface area contributed by atoms with E-state index in [0.29, 0.717) is 11.6 Å². The first-order chi connectivity index (χ1) is 15.1. The number of aromatic nitrogens is 1. The molecule has 0 spiro atoms. The highest BCUT2D eigenvalue weighted by Crippen LogP contribution is 2.28. The van der Waals surface area contributed by atoms with Gasteiger partial charge in [-0.3, -0.25) is 9.59 Å². The molecule has 0 saturated heterocycles. The number of amides is 2. The Morgan fingerprint density at radius 2 is 1.65 bits per heavy atom. The first-order valence-electron chi connectivity index (χ1n) is 9.84. The van der Waals surface area contributed by atoms with E-state index in [1.54, 1.807) is 0 Å². The maximum atomic E-state index is 12.6. The molecule has 4 rings (SSSR count). The van der Waals surface area contributed by atoms with Crippen LogP contribution in [0.1, 0.15) is 12.5 Å². The molecule has 31 heavy (non-hydrogen) atoms. The van der Waals surface area contributed by atoms with E-state index in [1.165, 1.54) is 23.1 Å². The van der Waals surface area contributed by atoms with Gasteiger partial charge in [-0.15, -0.1) is 11.8 Å². The maximum absolute atomic E-state index is 12.6. The zero-order valence-electron chi connectivity index (χ0n) is 16.9. The Morgan fingerprint density at radius 3 is 2.39 bits per heavy atom. The van der Waals surface area contributed by atoms with Crippen LogP contribution in [0.15, 0.2) is 83.8 Å². The summed E-state index contributed by atoms with van der Waals surface area (Å²) in [7, 11) is 0. The number of benzene rings is 3. The van der Waals surface area contributed by atoms with Crippen LogP contribution in [-0.4, -0.2) is 22.0 Å². The van der Waals surface area contributed by atoms with Gasteiger partial charge in [0, 0.05) is 10.6 Å². The van der Waals surface area contributed by atoms with E-state index in [2.05, 4.69) is 15.6 Å². The van der Waals surface area contributed by atoms with Crippen LogP contribution in [0.25, 0.3) is 10.2 Å². The van der Waals surface area contributed by atoms with Gasteiger partial charge in [-0.2, -0.15) is 0 Å². The second kappa shape index (κ2) is 9.76. The summed E-state index contributed by atoms with van der Waals surface area (Å²) in [4.78, 5) is 30.2. The second-order valence-corrected chi connectivity index (χ2v) is 9.42. The van der Waals surface area contributed by atoms with Crippen molar-refractivity contribution in [3.05, 3.63) is 84.4 Å². The van der Waals surface area contributed by atoms with E-state index in [1.807, 2.05) is 85.8 Å². The SMILES string of the molecule is CC(Sc1ccc(NC(=O)Cc2ccccc2)cc1)C(=O)Nc1nc2ccccc2s1. The Kier molecular flexibility index (Phi) is 6.64. The first kappa shape index (κ1) is 21.1. The summed E-state index contributed by atoms with van der Waals surface area (Å²) < 4.78 is 1.04. The summed E-state index contributed by atoms with van der Waals surface area (Å²) in [5, 5.41) is 6.13. The van der Waals surface area contributed by atoms with Crippen molar-refractivity contribution in [3.8, 4) is 0 Å². The van der Waals surface area contributed by atoms with Gasteiger partial charge >= 0.3 is 0 Å². The summed E-state index contributed by atoms with van der Waals surface area (Å²) in [5.41, 5.74) is 2.59. The molecule has 0 aliphatic carbocycles. The third kappa shape index (κ3) is 5.71. The van der Waals surface area contributed by atoms with Gasteiger partial charge in [-0.1, -0.05) is 53.8 Å². The van der Waals surface area contributed by atoms with E-state index in [9.17, 15) is 9.59 Å². The average molecular weight is 448 g/mol. The molecule has 4 aromatic rings. The molecule has 5 nitrogen and oxygen atoms in total. The number of thioether (sulfide) groups is 1. The van der Waals surface area contributed by atoms with Crippen LogP contribution in [0.5, 0.6) is 0 Å². The molecule has 1 unspecified atom stereocenters. The Morgan fingerprint density at radius 1 is 0.935 bits per heavy atom. The Labute approximate surface area is 188 Å². The predicted molar refractivity (Wildman–Crippen MR) is 129 cm³/mol. The quantitative estimate of drug-likeness (QED) is 0.362. The maximum Gasteiger partial charge on any atom is 0.239 e. The lowest BCUT2D eigenvalue weighted by atomic mass is 10.1. The first-order valence-corrected chi connectivity index (χ1v) is 11.5. The Hall–Kier alpha value is -3.16. The van der Waals surface area contributed by atoms with Crippen molar-refractivity contribution >= 4 is 55.9 Å². The van der Waals surface area contributed by atoms with Gasteiger partial charge in [0.25, 0.3) is 0 Å². The monoisotopic (exact) mass is 447 g/mol. The number of nitrogens with one attached hydrogen (secondary N) is 2. The van der Waals surface area contributed by atoms with E-state index in [-0.39, 0.29) is 17.1 Å². The highest BCUT2D eigenvalue weighted by atomic mass is 32.2. The molecule has 2 N–H and O–H groups in total. The minimum atomic E-state index is -0.287. The third-order valence-electron chi connectivity index (χ3n) is 4.55. The summed E-state index contributed by atoms with van der Waals surface area (Å²) in [6.07, 6.45) is 0.334. The van der Waals surface area contributed by atoms with Gasteiger partial charge in [-0.25, -0.2) is 4.98 Å². The summed E-state index contributed by atoms with van der Waals surface area (Å²) in [5.74, 6) is -0.153. The molecular weight excluding hydrogens is 426 g/mol. The summed E-state index contributed by atoms with van der Waals surface area (Å²) >= 11 is 2.92. The number of anilines is 2. The van der Waals surface area contributed by atoms with Crippen molar-refractivity contribution in [2.45, 2.75) is 23.5 Å². The molecule has 0 fully saturated rings. The van der Waals surface area contributed by atoms with Gasteiger partial charge < -0.3 is 10.6 Å². The lowest BCUT2D eigenvalue weighted by molar-refractivity contribution is -0.116. The number of para-hydroxylation sites is 1. The number of nitrogens with zero attached hydrogens (tertiary/aromatic N) is 1. The van der Waals surface area contributed by atoms with Gasteiger partial charge in [0.1, 0.15) is 0 Å². The molecule has 7 heteroatoms. The van der Waals surface area contributed by atoms with Crippen LogP contribution in [0.4, 0.5) is 10.8 Å². The highest BCUT2D eigenvalue weighted by molar-refractivity contribution is 8.00. The fourth-order valence-corrected chi connectivity index (χ4v) is 4.73. The molecule has 0 saturated carbocycles. The minimum Gasteiger partial charge on any atom is -0.326 e. The van der Waals surface area contributed by atoms with E-state index in [0.717, 1.165) is 26.4 Å². The molecule has 1 atom stereocenters. The number of rotatable bonds is 7. The number of thiazole rings is 1. The number of hydrogen-bond acceptors (Lipinski definition) is 5. The predicted octanol–water partition coefficient (Wildman–Crippen LogP) is 5.60. The van der Waals surface area contributed by atoms with Gasteiger partial charge in [0.05, 0.1) is 21.9 Å². The molecule has 0 aliphatic rings. The van der Waals surface area contributed by atoms with Crippen molar-refractivity contribution in [3.63, 3.8) is 0 Å². The van der Waals surface area contributed by atoms with Gasteiger partial charge in [0.15, 0.2) is 5.13 Å². The topological polar surface area (TPSA) is 71.1 Å². The van der Waals surface area contributed by atoms with Gasteiger partial charge in [-0.05, 0) is 48.9 Å². The zero-order chi connectivity index (χ0) is 21.6. The van der Waals surface area contributed by atoms with Crippen molar-refractivity contribution in [1.29, 1.82) is 0 Å². The average Bonchev–Trinajstić information content (AvgIpc) is 3.18. The Balaban J connectivity index is 1.30. The fourth-order valence-electron chi connectivity index (χ4n) is 2.99. The molecule has 0 aliphatic heterocycles. The van der Waals surface area contributed by atoms with Crippen LogP contribution < -0.4 is 10.6 Å². The van der Waals surface area contributed by atoms with Crippen LogP contribution in [0.2, 0.25) is 0 Å². The minimum absolute atomic E-state index is 0.0600. The van der Waals surface area contributed by atoms with Crippen molar-refractivity contribution in [2.75, 3.05) is 10.6 Å². The lowest BCUT2D eigenvalue weighted by Gasteiger charge is -2.11. The lowest BCUT2D eigenvalue weighted by Crippen LogP contribution is -2.22. The highest BCUT2D eigenvalue weighted by Gasteiger charge is 2.16. The van der Waals surface area contributed by atoms with E-state index in [4.69, 9.17) is 0 Å². The molecule has 1 aromatic heterocycles. The number of hydrogen-bond donors (Lipinski definition) is 2. The molecule has 2 amide bonds. The fraction of sp³-hybridized carbons (Fsp3) is 0.125. The van der Waals surface area contributed by atoms with Crippen LogP contribution in [0.3, 0.4) is 0 Å². The second-order valence-electron chi connectivity index (χ2n) is 6.97. The number of carbonyl (C=O) groups is 2. The third-order valence-corrected chi connectivity index (χ3v) is 6.62. The van der Waals surface area contributed by atoms with Crippen molar-refractivity contribution in [2.24, 2.45) is 0 Å². The van der Waals surface area contributed by atoms with Crippen molar-refractivity contribution < 1.29 is 9.59 Å². The molecule has 1 heterocycles. The molecule has 3 aromatic carbocycles. The largest absolute Gasteiger partial charge is 0.326 e. The van der Waals surface area contributed by atoms with Crippen LogP contribution in [-0.2, 0) is 16.0 Å². The zero-order valence-corrected chi connectivity index (χ0v) is 18.5. The van der Waals surface area contributed by atoms with Crippen LogP contribution >= 0.6 is 23.1 Å². The number of fused-ring (bicyclic) bond motifs is 1. The smallest absolute Gasteiger partial charge is 0.239 e. The summed E-state index contributed by atoms with van der Waals surface area (Å²) in [6.45, 7) is 1.86. The molecule has 156 valence electrons. The number of carbonyl (C=O) groups excluding carboxylic acids is 2. The molecular formula is C24H21N3O2S2. The Bertz CT molecular complexity index is 1160. The van der Waals surface area contributed by atoms with Gasteiger partial charge in [0.2, 0.25) is 11.8 Å². The standard InChI is InChI=1S/C24H21N3O2S2/c1-16(23(29)27-24-26-20-9-5-6-10-21(20)31-24)30-19-13-11-18(12-14-19)25-22(28)15-17-7-3-2-4-8-17/h2-14,16H,15H2,1H3,(H,25,28)(H,26,27,29).